The first-order chi connectivity index (χ1) is 15.1. The minimum Gasteiger partial charge on any atom is -0.449 e. The van der Waals surface area contributed by atoms with Gasteiger partial charge in [0.25, 0.3) is 11.8 Å². The average Bonchev–Trinajstić information content (AvgIpc) is 2.79. The molecule has 0 unspecified atom stereocenters. The van der Waals surface area contributed by atoms with E-state index < -0.39 is 5.91 Å². The molecular formula is C23H24ClN3O4. The largest absolute Gasteiger partial charge is 0.449 e. The molecule has 162 valence electrons. The Balaban J connectivity index is 1.35. The fourth-order valence-electron chi connectivity index (χ4n) is 3.47. The lowest BCUT2D eigenvalue weighted by Crippen LogP contribution is -2.38. The van der Waals surface area contributed by atoms with Crippen molar-refractivity contribution < 1.29 is 19.1 Å². The number of ether oxygens (including phenoxy) is 2. The SMILES string of the molecule is O=C1Nc2cc(C(=O)NCCCN3CCOCC3)ccc2O/C1=C/c1ccccc1Cl. The molecule has 0 aliphatic carbocycles. The fraction of sp³-hybridized carbons (Fsp3) is 0.304. The Hall–Kier alpha value is -2.87. The Morgan fingerprint density at radius 2 is 2.00 bits per heavy atom. The van der Waals surface area contributed by atoms with Crippen LogP contribution in [0, 0.1) is 0 Å². The molecular weight excluding hydrogens is 418 g/mol. The van der Waals surface area contributed by atoms with E-state index in [2.05, 4.69) is 15.5 Å². The van der Waals surface area contributed by atoms with Crippen LogP contribution in [0.5, 0.6) is 5.75 Å². The van der Waals surface area contributed by atoms with Crippen molar-refractivity contribution in [2.24, 2.45) is 0 Å². The predicted octanol–water partition coefficient (Wildman–Crippen LogP) is 3.16. The smallest absolute Gasteiger partial charge is 0.291 e. The van der Waals surface area contributed by atoms with Crippen LogP contribution in [-0.4, -0.2) is 56.1 Å². The van der Waals surface area contributed by atoms with E-state index in [9.17, 15) is 9.59 Å². The van der Waals surface area contributed by atoms with Crippen LogP contribution in [0.25, 0.3) is 6.08 Å². The van der Waals surface area contributed by atoms with E-state index in [-0.39, 0.29) is 11.7 Å². The lowest BCUT2D eigenvalue weighted by atomic mass is 10.1. The monoisotopic (exact) mass is 441 g/mol. The zero-order valence-electron chi connectivity index (χ0n) is 17.0. The Labute approximate surface area is 186 Å². The molecule has 2 N–H and O–H groups in total. The van der Waals surface area contributed by atoms with Crippen molar-refractivity contribution in [3.8, 4) is 5.75 Å². The van der Waals surface area contributed by atoms with Gasteiger partial charge in [-0.15, -0.1) is 0 Å². The number of nitrogens with zero attached hydrogens (tertiary/aromatic N) is 1. The number of hydrogen-bond donors (Lipinski definition) is 2. The second-order valence-corrected chi connectivity index (χ2v) is 7.77. The van der Waals surface area contributed by atoms with E-state index in [1.54, 1.807) is 36.4 Å². The molecule has 2 aromatic rings. The molecule has 4 rings (SSSR count). The van der Waals surface area contributed by atoms with E-state index in [1.165, 1.54) is 0 Å². The van der Waals surface area contributed by atoms with Crippen LogP contribution < -0.4 is 15.4 Å². The zero-order chi connectivity index (χ0) is 21.6. The van der Waals surface area contributed by atoms with Crippen LogP contribution in [0.3, 0.4) is 0 Å². The number of amides is 2. The number of nitrogens with one attached hydrogen (secondary N) is 2. The quantitative estimate of drug-likeness (QED) is 0.531. The Kier molecular flexibility index (Phi) is 6.86. The molecule has 31 heavy (non-hydrogen) atoms. The van der Waals surface area contributed by atoms with Gasteiger partial charge in [-0.2, -0.15) is 0 Å². The number of halogens is 1. The van der Waals surface area contributed by atoms with Gasteiger partial charge in [-0.25, -0.2) is 0 Å². The molecule has 0 aromatic heterocycles. The summed E-state index contributed by atoms with van der Waals surface area (Å²) in [5.41, 5.74) is 1.61. The summed E-state index contributed by atoms with van der Waals surface area (Å²) in [5, 5.41) is 6.24. The van der Waals surface area contributed by atoms with Gasteiger partial charge in [-0.3, -0.25) is 14.5 Å². The first-order valence-corrected chi connectivity index (χ1v) is 10.7. The molecule has 8 heteroatoms. The third kappa shape index (κ3) is 5.44. The van der Waals surface area contributed by atoms with Crippen molar-refractivity contribution in [3.05, 3.63) is 64.4 Å². The summed E-state index contributed by atoms with van der Waals surface area (Å²) in [6, 6.07) is 12.2. The minimum absolute atomic E-state index is 0.140. The summed E-state index contributed by atoms with van der Waals surface area (Å²) in [6.45, 7) is 4.92. The third-order valence-electron chi connectivity index (χ3n) is 5.17. The van der Waals surface area contributed by atoms with Crippen LogP contribution >= 0.6 is 11.6 Å². The fourth-order valence-corrected chi connectivity index (χ4v) is 3.66. The van der Waals surface area contributed by atoms with Gasteiger partial charge in [0.1, 0.15) is 0 Å². The molecule has 0 bridgehead atoms. The van der Waals surface area contributed by atoms with E-state index in [4.69, 9.17) is 21.1 Å². The maximum absolute atomic E-state index is 12.5. The topological polar surface area (TPSA) is 79.9 Å². The Morgan fingerprint density at radius 1 is 1.19 bits per heavy atom. The number of rotatable bonds is 6. The van der Waals surface area contributed by atoms with Gasteiger partial charge >= 0.3 is 0 Å². The van der Waals surface area contributed by atoms with Crippen molar-refractivity contribution in [1.82, 2.24) is 10.2 Å². The first kappa shape index (κ1) is 21.4. The number of carbonyl (C=O) groups excluding carboxylic acids is 2. The normalized spacial score (nSPS) is 17.6. The maximum atomic E-state index is 12.5. The van der Waals surface area contributed by atoms with Crippen molar-refractivity contribution >= 4 is 35.2 Å². The minimum atomic E-state index is -0.393. The second-order valence-electron chi connectivity index (χ2n) is 7.36. The summed E-state index contributed by atoms with van der Waals surface area (Å²) in [4.78, 5) is 27.3. The third-order valence-corrected chi connectivity index (χ3v) is 5.51. The van der Waals surface area contributed by atoms with Crippen LogP contribution in [-0.2, 0) is 9.53 Å². The Morgan fingerprint density at radius 3 is 2.81 bits per heavy atom. The van der Waals surface area contributed by atoms with Crippen LogP contribution in [0.15, 0.2) is 48.2 Å². The summed E-state index contributed by atoms with van der Waals surface area (Å²) in [6.07, 6.45) is 2.46. The van der Waals surface area contributed by atoms with E-state index in [0.717, 1.165) is 39.3 Å². The summed E-state index contributed by atoms with van der Waals surface area (Å²) >= 11 is 6.16. The zero-order valence-corrected chi connectivity index (χ0v) is 17.8. The molecule has 2 amide bonds. The van der Waals surface area contributed by atoms with Gasteiger partial charge in [0.05, 0.1) is 18.9 Å². The molecule has 0 radical (unpaired) electrons. The lowest BCUT2D eigenvalue weighted by molar-refractivity contribution is -0.115. The predicted molar refractivity (Wildman–Crippen MR) is 119 cm³/mol. The maximum Gasteiger partial charge on any atom is 0.291 e. The molecule has 0 saturated carbocycles. The number of hydrogen-bond acceptors (Lipinski definition) is 5. The van der Waals surface area contributed by atoms with Crippen molar-refractivity contribution in [3.63, 3.8) is 0 Å². The number of carbonyl (C=O) groups is 2. The Bertz CT molecular complexity index is 1000. The van der Waals surface area contributed by atoms with Gasteiger partial charge in [0, 0.05) is 30.2 Å². The molecule has 0 atom stereocenters. The number of benzene rings is 2. The molecule has 1 fully saturated rings. The van der Waals surface area contributed by atoms with Crippen LogP contribution in [0.4, 0.5) is 5.69 Å². The number of morpholine rings is 1. The standard InChI is InChI=1S/C23H24ClN3O4/c24-18-5-2-1-4-16(18)15-21-23(29)26-19-14-17(6-7-20(19)31-21)22(28)25-8-3-9-27-10-12-30-13-11-27/h1-2,4-7,14-15H,3,8-13H2,(H,25,28)(H,26,29)/b21-15+. The molecule has 2 aromatic carbocycles. The lowest BCUT2D eigenvalue weighted by Gasteiger charge is -2.26. The van der Waals surface area contributed by atoms with Crippen molar-refractivity contribution in [1.29, 1.82) is 0 Å². The molecule has 7 nitrogen and oxygen atoms in total. The van der Waals surface area contributed by atoms with E-state index in [1.807, 2.05) is 12.1 Å². The number of anilines is 1. The molecule has 2 aliphatic rings. The van der Waals surface area contributed by atoms with Crippen molar-refractivity contribution in [2.75, 3.05) is 44.7 Å². The van der Waals surface area contributed by atoms with E-state index in [0.29, 0.717) is 34.1 Å². The molecule has 1 saturated heterocycles. The van der Waals surface area contributed by atoms with Gasteiger partial charge < -0.3 is 20.1 Å². The highest BCUT2D eigenvalue weighted by Gasteiger charge is 2.23. The number of fused-ring (bicyclic) bond motifs is 1. The molecule has 2 aliphatic heterocycles. The molecule has 0 spiro atoms. The van der Waals surface area contributed by atoms with Gasteiger partial charge in [-0.1, -0.05) is 29.8 Å². The van der Waals surface area contributed by atoms with Gasteiger partial charge in [0.15, 0.2) is 11.5 Å². The highest BCUT2D eigenvalue weighted by Crippen LogP contribution is 2.33. The van der Waals surface area contributed by atoms with E-state index >= 15 is 0 Å². The van der Waals surface area contributed by atoms with Crippen LogP contribution in [0.2, 0.25) is 5.02 Å². The highest BCUT2D eigenvalue weighted by molar-refractivity contribution is 6.32. The summed E-state index contributed by atoms with van der Waals surface area (Å²) in [5.74, 6) is 0.0367. The summed E-state index contributed by atoms with van der Waals surface area (Å²) < 4.78 is 11.1. The van der Waals surface area contributed by atoms with Gasteiger partial charge in [0.2, 0.25) is 0 Å². The second kappa shape index (κ2) is 9.96. The van der Waals surface area contributed by atoms with Crippen LogP contribution in [0.1, 0.15) is 22.3 Å². The first-order valence-electron chi connectivity index (χ1n) is 10.3. The van der Waals surface area contributed by atoms with Crippen molar-refractivity contribution in [2.45, 2.75) is 6.42 Å². The average molecular weight is 442 g/mol. The molecule has 2 heterocycles. The van der Waals surface area contributed by atoms with Gasteiger partial charge in [-0.05, 0) is 48.9 Å². The summed E-state index contributed by atoms with van der Waals surface area (Å²) in [7, 11) is 0. The highest BCUT2D eigenvalue weighted by atomic mass is 35.5.